The molecule has 19 heavy (non-hydrogen) atoms. The number of rotatable bonds is 5. The smallest absolute Gasteiger partial charge is 0.338 e. The molecule has 106 valence electrons. The molecule has 0 radical (unpaired) electrons. The Hall–Kier alpha value is -1.33. The Labute approximate surface area is 113 Å². The lowest BCUT2D eigenvalue weighted by atomic mass is 10.0. The highest BCUT2D eigenvalue weighted by Crippen LogP contribution is 2.18. The number of hydrogen-bond donors (Lipinski definition) is 1. The number of carboxylic acids is 1. The van der Waals surface area contributed by atoms with Crippen molar-refractivity contribution >= 4 is 5.97 Å². The van der Waals surface area contributed by atoms with E-state index in [-0.39, 0.29) is 5.56 Å². The molecule has 2 rings (SSSR count). The minimum absolute atomic E-state index is 0.226. The van der Waals surface area contributed by atoms with E-state index in [1.165, 1.54) is 6.26 Å². The Morgan fingerprint density at radius 3 is 2.74 bits per heavy atom. The van der Waals surface area contributed by atoms with Crippen molar-refractivity contribution in [2.24, 2.45) is 0 Å². The topological polar surface area (TPSA) is 56.9 Å². The maximum Gasteiger partial charge on any atom is 0.338 e. The molecule has 1 aromatic rings. The summed E-state index contributed by atoms with van der Waals surface area (Å²) in [4.78, 5) is 15.5. The van der Waals surface area contributed by atoms with Crippen LogP contribution >= 0.6 is 0 Å². The largest absolute Gasteiger partial charge is 0.478 e. The van der Waals surface area contributed by atoms with E-state index in [9.17, 15) is 4.79 Å². The van der Waals surface area contributed by atoms with Gasteiger partial charge in [0.1, 0.15) is 12.0 Å². The second-order valence-electron chi connectivity index (χ2n) is 5.19. The number of piperidine rings is 1. The second-order valence-corrected chi connectivity index (χ2v) is 5.19. The SMILES string of the molecule is CCN1CCC(N(C)Cc2cc(C(=O)O)co2)CC1. The van der Waals surface area contributed by atoms with Gasteiger partial charge in [-0.2, -0.15) is 0 Å². The number of nitrogens with zero attached hydrogens (tertiary/aromatic N) is 2. The van der Waals surface area contributed by atoms with E-state index in [1.54, 1.807) is 6.07 Å². The van der Waals surface area contributed by atoms with Crippen LogP contribution in [0.3, 0.4) is 0 Å². The summed E-state index contributed by atoms with van der Waals surface area (Å²) in [6.07, 6.45) is 3.64. The van der Waals surface area contributed by atoms with Gasteiger partial charge in [-0.05, 0) is 45.6 Å². The highest BCUT2D eigenvalue weighted by molar-refractivity contribution is 5.87. The minimum atomic E-state index is -0.936. The molecular formula is C14H22N2O3. The van der Waals surface area contributed by atoms with E-state index >= 15 is 0 Å². The summed E-state index contributed by atoms with van der Waals surface area (Å²) in [6.45, 7) is 6.27. The van der Waals surface area contributed by atoms with Crippen molar-refractivity contribution in [3.05, 3.63) is 23.7 Å². The van der Waals surface area contributed by atoms with E-state index in [2.05, 4.69) is 23.8 Å². The molecule has 1 aliphatic rings. The third-order valence-corrected chi connectivity index (χ3v) is 3.93. The fraction of sp³-hybridized carbons (Fsp3) is 0.643. The molecule has 0 bridgehead atoms. The van der Waals surface area contributed by atoms with Crippen molar-refractivity contribution in [1.29, 1.82) is 0 Å². The van der Waals surface area contributed by atoms with Gasteiger partial charge in [-0.15, -0.1) is 0 Å². The summed E-state index contributed by atoms with van der Waals surface area (Å²) in [7, 11) is 2.08. The zero-order valence-electron chi connectivity index (χ0n) is 11.6. The van der Waals surface area contributed by atoms with E-state index < -0.39 is 5.97 Å². The summed E-state index contributed by atoms with van der Waals surface area (Å²) in [5, 5.41) is 8.86. The van der Waals surface area contributed by atoms with E-state index in [0.29, 0.717) is 12.6 Å². The summed E-state index contributed by atoms with van der Waals surface area (Å²) >= 11 is 0. The summed E-state index contributed by atoms with van der Waals surface area (Å²) in [6, 6.07) is 2.17. The normalized spacial score (nSPS) is 18.1. The van der Waals surface area contributed by atoms with Crippen molar-refractivity contribution < 1.29 is 14.3 Å². The van der Waals surface area contributed by atoms with Gasteiger partial charge >= 0.3 is 5.97 Å². The third-order valence-electron chi connectivity index (χ3n) is 3.93. The lowest BCUT2D eigenvalue weighted by molar-refractivity contribution is 0.0696. The van der Waals surface area contributed by atoms with Gasteiger partial charge in [0.15, 0.2) is 0 Å². The van der Waals surface area contributed by atoms with Gasteiger partial charge in [-0.3, -0.25) is 4.90 Å². The Balaban J connectivity index is 1.86. The highest BCUT2D eigenvalue weighted by Gasteiger charge is 2.22. The molecule has 0 spiro atoms. The number of carbonyl (C=O) groups is 1. The molecule has 1 fully saturated rings. The fourth-order valence-corrected chi connectivity index (χ4v) is 2.63. The highest BCUT2D eigenvalue weighted by atomic mass is 16.4. The van der Waals surface area contributed by atoms with Gasteiger partial charge in [-0.1, -0.05) is 6.92 Å². The molecule has 0 atom stereocenters. The van der Waals surface area contributed by atoms with Gasteiger partial charge in [0.2, 0.25) is 0 Å². The first-order valence-corrected chi connectivity index (χ1v) is 6.83. The van der Waals surface area contributed by atoms with E-state index in [0.717, 1.165) is 38.2 Å². The number of likely N-dealkylation sites (tertiary alicyclic amines) is 1. The Morgan fingerprint density at radius 2 is 2.21 bits per heavy atom. The van der Waals surface area contributed by atoms with Gasteiger partial charge < -0.3 is 14.4 Å². The number of furan rings is 1. The first kappa shape index (κ1) is 14.1. The van der Waals surface area contributed by atoms with Crippen LogP contribution in [-0.4, -0.2) is 53.6 Å². The minimum Gasteiger partial charge on any atom is -0.478 e. The van der Waals surface area contributed by atoms with Gasteiger partial charge in [-0.25, -0.2) is 4.79 Å². The quantitative estimate of drug-likeness (QED) is 0.882. The average Bonchev–Trinajstić information content (AvgIpc) is 2.87. The van der Waals surface area contributed by atoms with Crippen LogP contribution in [-0.2, 0) is 6.54 Å². The zero-order chi connectivity index (χ0) is 13.8. The molecule has 0 saturated carbocycles. The van der Waals surface area contributed by atoms with Gasteiger partial charge in [0.05, 0.1) is 12.1 Å². The maximum absolute atomic E-state index is 10.8. The summed E-state index contributed by atoms with van der Waals surface area (Å²) < 4.78 is 5.30. The molecule has 0 unspecified atom stereocenters. The van der Waals surface area contributed by atoms with Crippen LogP contribution in [0.25, 0.3) is 0 Å². The van der Waals surface area contributed by atoms with Gasteiger partial charge in [0.25, 0.3) is 0 Å². The predicted molar refractivity (Wildman–Crippen MR) is 72.3 cm³/mol. The zero-order valence-corrected chi connectivity index (χ0v) is 11.6. The van der Waals surface area contributed by atoms with Crippen LogP contribution in [0.5, 0.6) is 0 Å². The molecular weight excluding hydrogens is 244 g/mol. The Kier molecular flexibility index (Phi) is 4.61. The molecule has 2 heterocycles. The van der Waals surface area contributed by atoms with E-state index in [4.69, 9.17) is 9.52 Å². The van der Waals surface area contributed by atoms with Crippen molar-refractivity contribution in [1.82, 2.24) is 9.80 Å². The molecule has 0 amide bonds. The van der Waals surface area contributed by atoms with Crippen LogP contribution in [0.2, 0.25) is 0 Å². The van der Waals surface area contributed by atoms with Crippen molar-refractivity contribution in [2.75, 3.05) is 26.7 Å². The number of aromatic carboxylic acids is 1. The lowest BCUT2D eigenvalue weighted by Gasteiger charge is -2.35. The molecule has 1 saturated heterocycles. The van der Waals surface area contributed by atoms with Crippen LogP contribution in [0.4, 0.5) is 0 Å². The first-order chi connectivity index (χ1) is 9.10. The van der Waals surface area contributed by atoms with E-state index in [1.807, 2.05) is 0 Å². The Bertz CT molecular complexity index is 422. The second kappa shape index (κ2) is 6.21. The number of hydrogen-bond acceptors (Lipinski definition) is 4. The van der Waals surface area contributed by atoms with Crippen LogP contribution in [0.1, 0.15) is 35.9 Å². The summed E-state index contributed by atoms with van der Waals surface area (Å²) in [5.74, 6) is -0.216. The fourth-order valence-electron chi connectivity index (χ4n) is 2.63. The predicted octanol–water partition coefficient (Wildman–Crippen LogP) is 1.89. The van der Waals surface area contributed by atoms with Gasteiger partial charge in [0, 0.05) is 6.04 Å². The molecule has 1 N–H and O–H groups in total. The van der Waals surface area contributed by atoms with Crippen molar-refractivity contribution in [3.8, 4) is 0 Å². The molecule has 0 aromatic carbocycles. The molecule has 5 nitrogen and oxygen atoms in total. The third kappa shape index (κ3) is 3.58. The van der Waals surface area contributed by atoms with Crippen molar-refractivity contribution in [3.63, 3.8) is 0 Å². The van der Waals surface area contributed by atoms with Crippen LogP contribution < -0.4 is 0 Å². The van der Waals surface area contributed by atoms with Crippen LogP contribution in [0, 0.1) is 0 Å². The first-order valence-electron chi connectivity index (χ1n) is 6.83. The molecule has 1 aromatic heterocycles. The van der Waals surface area contributed by atoms with Crippen LogP contribution in [0.15, 0.2) is 16.7 Å². The number of carboxylic acid groups (broad SMARTS) is 1. The molecule has 5 heteroatoms. The molecule has 0 aliphatic carbocycles. The lowest BCUT2D eigenvalue weighted by Crippen LogP contribution is -2.42. The summed E-state index contributed by atoms with van der Waals surface area (Å²) in [5.41, 5.74) is 0.226. The van der Waals surface area contributed by atoms with Crippen molar-refractivity contribution in [2.45, 2.75) is 32.4 Å². The maximum atomic E-state index is 10.8. The average molecular weight is 266 g/mol. The standard InChI is InChI=1S/C14H22N2O3/c1-3-16-6-4-12(5-7-16)15(2)9-13-8-11(10-19-13)14(17)18/h8,10,12H,3-7,9H2,1-2H3,(H,17,18). The molecule has 1 aliphatic heterocycles. The Morgan fingerprint density at radius 1 is 1.53 bits per heavy atom. The monoisotopic (exact) mass is 266 g/mol.